The van der Waals surface area contributed by atoms with Crippen LogP contribution in [0.15, 0.2) is 18.2 Å². The van der Waals surface area contributed by atoms with Gasteiger partial charge in [0.1, 0.15) is 6.04 Å². The zero-order valence-electron chi connectivity index (χ0n) is 11.5. The normalized spacial score (nSPS) is 21.3. The molecule has 1 unspecified atom stereocenters. The van der Waals surface area contributed by atoms with Crippen molar-refractivity contribution < 1.29 is 19.2 Å². The highest BCUT2D eigenvalue weighted by atomic mass is 16.2. The van der Waals surface area contributed by atoms with Crippen LogP contribution in [0, 0.1) is 0 Å². The molecule has 6 heteroatoms. The summed E-state index contributed by atoms with van der Waals surface area (Å²) in [7, 11) is 0. The fourth-order valence-electron chi connectivity index (χ4n) is 2.77. The standard InChI is InChI=1S/C15H14N2O4/c1-8(18)9-2-3-10-7-17(15(21)11(10)6-9)12-4-5-13(19)16-14(12)20/h2-3,6,12H,4-5,7H2,1H3,(H,16,19,20). The maximum atomic E-state index is 12.4. The topological polar surface area (TPSA) is 83.6 Å². The predicted molar refractivity (Wildman–Crippen MR) is 72.5 cm³/mol. The fourth-order valence-corrected chi connectivity index (χ4v) is 2.77. The summed E-state index contributed by atoms with van der Waals surface area (Å²) < 4.78 is 0. The summed E-state index contributed by atoms with van der Waals surface area (Å²) in [5.74, 6) is -1.11. The number of Topliss-reactive ketones (excluding diaryl/α,β-unsaturated/α-hetero) is 1. The Kier molecular flexibility index (Phi) is 3.08. The maximum absolute atomic E-state index is 12.4. The molecule has 2 heterocycles. The minimum Gasteiger partial charge on any atom is -0.322 e. The second kappa shape index (κ2) is 4.80. The second-order valence-corrected chi connectivity index (χ2v) is 5.33. The number of carbonyl (C=O) groups excluding carboxylic acids is 4. The fraction of sp³-hybridized carbons (Fsp3) is 0.333. The zero-order chi connectivity index (χ0) is 15.1. The van der Waals surface area contributed by atoms with E-state index in [2.05, 4.69) is 5.32 Å². The lowest BCUT2D eigenvalue weighted by atomic mass is 10.0. The second-order valence-electron chi connectivity index (χ2n) is 5.33. The summed E-state index contributed by atoms with van der Waals surface area (Å²) in [6.45, 7) is 1.78. The highest BCUT2D eigenvalue weighted by Crippen LogP contribution is 2.28. The summed E-state index contributed by atoms with van der Waals surface area (Å²) in [5, 5.41) is 2.26. The van der Waals surface area contributed by atoms with E-state index < -0.39 is 11.9 Å². The largest absolute Gasteiger partial charge is 0.322 e. The van der Waals surface area contributed by atoms with Crippen molar-refractivity contribution in [2.45, 2.75) is 32.4 Å². The first-order chi connectivity index (χ1) is 9.97. The van der Waals surface area contributed by atoms with Crippen molar-refractivity contribution in [3.63, 3.8) is 0 Å². The molecule has 0 saturated carbocycles. The summed E-state index contributed by atoms with van der Waals surface area (Å²) in [6.07, 6.45) is 0.569. The molecular formula is C15H14N2O4. The molecule has 1 aromatic rings. The van der Waals surface area contributed by atoms with Gasteiger partial charge in [-0.1, -0.05) is 12.1 Å². The van der Waals surface area contributed by atoms with Gasteiger partial charge in [0.15, 0.2) is 5.78 Å². The summed E-state index contributed by atoms with van der Waals surface area (Å²) in [5.41, 5.74) is 1.74. The van der Waals surface area contributed by atoms with Gasteiger partial charge in [-0.05, 0) is 25.0 Å². The molecule has 1 aromatic carbocycles. The number of fused-ring (bicyclic) bond motifs is 1. The summed E-state index contributed by atoms with van der Waals surface area (Å²) in [6, 6.07) is 4.38. The highest BCUT2D eigenvalue weighted by molar-refractivity contribution is 6.06. The van der Waals surface area contributed by atoms with Gasteiger partial charge < -0.3 is 4.90 Å². The third-order valence-corrected chi connectivity index (χ3v) is 3.93. The van der Waals surface area contributed by atoms with Crippen molar-refractivity contribution in [3.05, 3.63) is 34.9 Å². The molecule has 1 N–H and O–H groups in total. The van der Waals surface area contributed by atoms with Crippen molar-refractivity contribution >= 4 is 23.5 Å². The predicted octanol–water partition coefficient (Wildman–Crippen LogP) is 0.650. The van der Waals surface area contributed by atoms with Crippen LogP contribution in [0.4, 0.5) is 0 Å². The van der Waals surface area contributed by atoms with Gasteiger partial charge in [0.2, 0.25) is 11.8 Å². The lowest BCUT2D eigenvalue weighted by Crippen LogP contribution is -2.52. The first-order valence-electron chi connectivity index (χ1n) is 6.76. The molecule has 2 aliphatic rings. The van der Waals surface area contributed by atoms with Gasteiger partial charge in [-0.2, -0.15) is 0 Å². The highest BCUT2D eigenvalue weighted by Gasteiger charge is 2.39. The lowest BCUT2D eigenvalue weighted by molar-refractivity contribution is -0.136. The van der Waals surface area contributed by atoms with Crippen LogP contribution in [-0.4, -0.2) is 34.4 Å². The zero-order valence-corrected chi connectivity index (χ0v) is 11.5. The number of hydrogen-bond acceptors (Lipinski definition) is 4. The van der Waals surface area contributed by atoms with Gasteiger partial charge in [0.25, 0.3) is 5.91 Å². The average molecular weight is 286 g/mol. The van der Waals surface area contributed by atoms with E-state index in [1.165, 1.54) is 11.8 Å². The molecule has 6 nitrogen and oxygen atoms in total. The molecular weight excluding hydrogens is 272 g/mol. The summed E-state index contributed by atoms with van der Waals surface area (Å²) in [4.78, 5) is 48.4. The van der Waals surface area contributed by atoms with E-state index in [4.69, 9.17) is 0 Å². The van der Waals surface area contributed by atoms with Crippen molar-refractivity contribution in [3.8, 4) is 0 Å². The van der Waals surface area contributed by atoms with Crippen molar-refractivity contribution in [1.29, 1.82) is 0 Å². The van der Waals surface area contributed by atoms with Gasteiger partial charge in [-0.15, -0.1) is 0 Å². The number of hydrogen-bond donors (Lipinski definition) is 1. The third-order valence-electron chi connectivity index (χ3n) is 3.93. The van der Waals surface area contributed by atoms with Crippen LogP contribution >= 0.6 is 0 Å². The Morgan fingerprint density at radius 3 is 2.71 bits per heavy atom. The van der Waals surface area contributed by atoms with Crippen LogP contribution in [0.3, 0.4) is 0 Å². The molecule has 1 saturated heterocycles. The number of ketones is 1. The monoisotopic (exact) mass is 286 g/mol. The van der Waals surface area contributed by atoms with Crippen LogP contribution in [-0.2, 0) is 16.1 Å². The Hall–Kier alpha value is -2.50. The minimum atomic E-state index is -0.622. The van der Waals surface area contributed by atoms with E-state index in [1.54, 1.807) is 18.2 Å². The smallest absolute Gasteiger partial charge is 0.255 e. The molecule has 2 aliphatic heterocycles. The average Bonchev–Trinajstić information content (AvgIpc) is 2.75. The first-order valence-corrected chi connectivity index (χ1v) is 6.76. The molecule has 1 fully saturated rings. The van der Waals surface area contributed by atoms with Crippen molar-refractivity contribution in [2.24, 2.45) is 0 Å². The molecule has 108 valence electrons. The Morgan fingerprint density at radius 1 is 1.29 bits per heavy atom. The third kappa shape index (κ3) is 2.22. The molecule has 1 atom stereocenters. The molecule has 0 radical (unpaired) electrons. The van der Waals surface area contributed by atoms with Crippen LogP contribution in [0.1, 0.15) is 46.0 Å². The van der Waals surface area contributed by atoms with Crippen LogP contribution in [0.2, 0.25) is 0 Å². The van der Waals surface area contributed by atoms with E-state index in [-0.39, 0.29) is 24.0 Å². The molecule has 0 aliphatic carbocycles. The number of amides is 3. The van der Waals surface area contributed by atoms with E-state index >= 15 is 0 Å². The van der Waals surface area contributed by atoms with E-state index in [1.807, 2.05) is 0 Å². The minimum absolute atomic E-state index is 0.106. The Bertz CT molecular complexity index is 680. The SMILES string of the molecule is CC(=O)c1ccc2c(c1)C(=O)N(C1CCC(=O)NC1=O)C2. The molecule has 0 aromatic heterocycles. The maximum Gasteiger partial charge on any atom is 0.255 e. The number of benzene rings is 1. The number of carbonyl (C=O) groups is 4. The molecule has 0 spiro atoms. The molecule has 3 amide bonds. The van der Waals surface area contributed by atoms with Crippen LogP contribution < -0.4 is 5.32 Å². The van der Waals surface area contributed by atoms with E-state index in [0.29, 0.717) is 24.1 Å². The van der Waals surface area contributed by atoms with Crippen LogP contribution in [0.25, 0.3) is 0 Å². The number of piperidine rings is 1. The number of nitrogens with one attached hydrogen (secondary N) is 1. The van der Waals surface area contributed by atoms with Gasteiger partial charge in [0, 0.05) is 24.1 Å². The van der Waals surface area contributed by atoms with Gasteiger partial charge in [-0.3, -0.25) is 24.5 Å². The van der Waals surface area contributed by atoms with E-state index in [9.17, 15) is 19.2 Å². The quantitative estimate of drug-likeness (QED) is 0.639. The van der Waals surface area contributed by atoms with Gasteiger partial charge in [0.05, 0.1) is 0 Å². The Morgan fingerprint density at radius 2 is 2.05 bits per heavy atom. The Labute approximate surface area is 121 Å². The molecule has 3 rings (SSSR count). The van der Waals surface area contributed by atoms with Gasteiger partial charge >= 0.3 is 0 Å². The van der Waals surface area contributed by atoms with E-state index in [0.717, 1.165) is 5.56 Å². The van der Waals surface area contributed by atoms with Crippen molar-refractivity contribution in [1.82, 2.24) is 10.2 Å². The molecule has 21 heavy (non-hydrogen) atoms. The van der Waals surface area contributed by atoms with Crippen molar-refractivity contribution in [2.75, 3.05) is 0 Å². The number of imide groups is 1. The van der Waals surface area contributed by atoms with Gasteiger partial charge in [-0.25, -0.2) is 0 Å². The number of nitrogens with zero attached hydrogens (tertiary/aromatic N) is 1. The molecule has 0 bridgehead atoms. The van der Waals surface area contributed by atoms with Crippen LogP contribution in [0.5, 0.6) is 0 Å². The number of rotatable bonds is 2. The Balaban J connectivity index is 1.88. The summed E-state index contributed by atoms with van der Waals surface area (Å²) >= 11 is 0. The first kappa shape index (κ1) is 13.5. The lowest BCUT2D eigenvalue weighted by Gasteiger charge is -2.29.